The summed E-state index contributed by atoms with van der Waals surface area (Å²) in [6.45, 7) is 4.86. The van der Waals surface area contributed by atoms with Gasteiger partial charge in [0.15, 0.2) is 5.54 Å². The van der Waals surface area contributed by atoms with E-state index in [-0.39, 0.29) is 5.91 Å². The number of hydrogen-bond donors (Lipinski definition) is 3. The number of carbonyl (C=O) groups excluding carboxylic acids is 1. The van der Waals surface area contributed by atoms with E-state index in [1.807, 2.05) is 0 Å². The van der Waals surface area contributed by atoms with Gasteiger partial charge < -0.3 is 15.7 Å². The Labute approximate surface area is 113 Å². The van der Waals surface area contributed by atoms with Crippen molar-refractivity contribution in [3.63, 3.8) is 0 Å². The fourth-order valence-electron chi connectivity index (χ4n) is 1.52. The van der Waals surface area contributed by atoms with Crippen molar-refractivity contribution in [3.8, 4) is 0 Å². The molecular weight excluding hydrogens is 244 g/mol. The molecule has 19 heavy (non-hydrogen) atoms. The fourth-order valence-corrected chi connectivity index (χ4v) is 1.52. The summed E-state index contributed by atoms with van der Waals surface area (Å²) >= 11 is 0. The standard InChI is InChI=1S/C14H20N2O3/c1-13(2,15-4)11(17)16-14(3,12(18)19)10-8-6-5-7-9-10/h5-9,15H,1-4H3,(H,16,17)(H,18,19). The molecule has 1 rings (SSSR count). The van der Waals surface area contributed by atoms with Crippen LogP contribution in [0.2, 0.25) is 0 Å². The van der Waals surface area contributed by atoms with E-state index in [1.165, 1.54) is 6.92 Å². The minimum absolute atomic E-state index is 0.372. The molecule has 0 heterocycles. The van der Waals surface area contributed by atoms with E-state index in [4.69, 9.17) is 0 Å². The molecule has 1 amide bonds. The van der Waals surface area contributed by atoms with E-state index >= 15 is 0 Å². The maximum Gasteiger partial charge on any atom is 0.333 e. The van der Waals surface area contributed by atoms with Crippen LogP contribution in [-0.2, 0) is 15.1 Å². The Balaban J connectivity index is 3.10. The molecule has 3 N–H and O–H groups in total. The van der Waals surface area contributed by atoms with Crippen molar-refractivity contribution in [1.29, 1.82) is 0 Å². The van der Waals surface area contributed by atoms with Gasteiger partial charge in [-0.25, -0.2) is 4.79 Å². The van der Waals surface area contributed by atoms with Crippen molar-refractivity contribution < 1.29 is 14.7 Å². The van der Waals surface area contributed by atoms with Gasteiger partial charge in [-0.3, -0.25) is 4.79 Å². The van der Waals surface area contributed by atoms with Crippen molar-refractivity contribution in [2.24, 2.45) is 0 Å². The first-order valence-electron chi connectivity index (χ1n) is 6.04. The second kappa shape index (κ2) is 5.40. The van der Waals surface area contributed by atoms with Gasteiger partial charge >= 0.3 is 5.97 Å². The lowest BCUT2D eigenvalue weighted by Gasteiger charge is -2.32. The summed E-state index contributed by atoms with van der Waals surface area (Å²) < 4.78 is 0. The van der Waals surface area contributed by atoms with Crippen LogP contribution in [0.15, 0.2) is 30.3 Å². The third-order valence-electron chi connectivity index (χ3n) is 3.34. The summed E-state index contributed by atoms with van der Waals surface area (Å²) in [5.41, 5.74) is -1.76. The topological polar surface area (TPSA) is 78.4 Å². The Morgan fingerprint density at radius 3 is 2.05 bits per heavy atom. The predicted molar refractivity (Wildman–Crippen MR) is 72.7 cm³/mol. The van der Waals surface area contributed by atoms with E-state index in [0.29, 0.717) is 5.56 Å². The van der Waals surface area contributed by atoms with Crippen LogP contribution in [-0.4, -0.2) is 29.6 Å². The van der Waals surface area contributed by atoms with Gasteiger partial charge in [0, 0.05) is 0 Å². The Bertz CT molecular complexity index is 471. The van der Waals surface area contributed by atoms with Gasteiger partial charge in [-0.05, 0) is 33.4 Å². The number of aliphatic carboxylic acids is 1. The molecule has 0 aliphatic carbocycles. The molecule has 0 bridgehead atoms. The number of carbonyl (C=O) groups is 2. The van der Waals surface area contributed by atoms with Crippen LogP contribution >= 0.6 is 0 Å². The highest BCUT2D eigenvalue weighted by Crippen LogP contribution is 2.22. The van der Waals surface area contributed by atoms with Crippen LogP contribution in [0.5, 0.6) is 0 Å². The molecule has 0 spiro atoms. The molecule has 0 saturated heterocycles. The van der Waals surface area contributed by atoms with Crippen molar-refractivity contribution >= 4 is 11.9 Å². The Hall–Kier alpha value is -1.88. The zero-order valence-corrected chi connectivity index (χ0v) is 11.7. The van der Waals surface area contributed by atoms with Crippen molar-refractivity contribution in [3.05, 3.63) is 35.9 Å². The third-order valence-corrected chi connectivity index (χ3v) is 3.34. The van der Waals surface area contributed by atoms with Gasteiger partial charge in [0.1, 0.15) is 0 Å². The molecule has 0 aromatic heterocycles. The molecule has 0 aliphatic rings. The van der Waals surface area contributed by atoms with Crippen molar-refractivity contribution in [2.45, 2.75) is 31.8 Å². The highest BCUT2D eigenvalue weighted by molar-refractivity contribution is 5.92. The molecule has 1 aromatic rings. The Kier molecular flexibility index (Phi) is 4.32. The highest BCUT2D eigenvalue weighted by Gasteiger charge is 2.40. The smallest absolute Gasteiger partial charge is 0.333 e. The monoisotopic (exact) mass is 264 g/mol. The number of benzene rings is 1. The van der Waals surface area contributed by atoms with E-state index in [2.05, 4.69) is 10.6 Å². The molecule has 1 unspecified atom stereocenters. The molecule has 0 aliphatic heterocycles. The number of likely N-dealkylation sites (N-methyl/N-ethyl adjacent to an activating group) is 1. The largest absolute Gasteiger partial charge is 0.479 e. The summed E-state index contributed by atoms with van der Waals surface area (Å²) in [4.78, 5) is 23.7. The van der Waals surface area contributed by atoms with Crippen LogP contribution in [0.1, 0.15) is 26.3 Å². The van der Waals surface area contributed by atoms with E-state index < -0.39 is 17.0 Å². The number of nitrogens with one attached hydrogen (secondary N) is 2. The van der Waals surface area contributed by atoms with Crippen LogP contribution in [0, 0.1) is 0 Å². The summed E-state index contributed by atoms with van der Waals surface area (Å²) in [6.07, 6.45) is 0. The highest BCUT2D eigenvalue weighted by atomic mass is 16.4. The molecule has 0 saturated carbocycles. The van der Waals surface area contributed by atoms with Gasteiger partial charge in [-0.2, -0.15) is 0 Å². The number of carboxylic acid groups (broad SMARTS) is 1. The number of carboxylic acids is 1. The molecule has 1 atom stereocenters. The molecule has 1 aromatic carbocycles. The van der Waals surface area contributed by atoms with E-state index in [0.717, 1.165) is 0 Å². The van der Waals surface area contributed by atoms with Gasteiger partial charge in [0.25, 0.3) is 0 Å². The lowest BCUT2D eigenvalue weighted by Crippen LogP contribution is -2.59. The van der Waals surface area contributed by atoms with Crippen LogP contribution < -0.4 is 10.6 Å². The molecular formula is C14H20N2O3. The molecule has 5 heteroatoms. The number of hydrogen-bond acceptors (Lipinski definition) is 3. The first kappa shape index (κ1) is 15.2. The quantitative estimate of drug-likeness (QED) is 0.744. The predicted octanol–water partition coefficient (Wildman–Crippen LogP) is 1.10. The SMILES string of the molecule is CNC(C)(C)C(=O)NC(C)(C(=O)O)c1ccccc1. The van der Waals surface area contributed by atoms with Gasteiger partial charge in [0.2, 0.25) is 5.91 Å². The maximum absolute atomic E-state index is 12.2. The molecule has 104 valence electrons. The zero-order chi connectivity index (χ0) is 14.7. The summed E-state index contributed by atoms with van der Waals surface area (Å²) in [5.74, 6) is -1.47. The lowest BCUT2D eigenvalue weighted by molar-refractivity contribution is -0.148. The van der Waals surface area contributed by atoms with Gasteiger partial charge in [0.05, 0.1) is 5.54 Å². The normalized spacial score (nSPS) is 14.5. The lowest BCUT2D eigenvalue weighted by atomic mass is 9.90. The average molecular weight is 264 g/mol. The van der Waals surface area contributed by atoms with E-state index in [1.54, 1.807) is 51.2 Å². The molecule has 0 radical (unpaired) electrons. The third kappa shape index (κ3) is 3.12. The minimum Gasteiger partial charge on any atom is -0.479 e. The second-order valence-electron chi connectivity index (χ2n) is 5.13. The van der Waals surface area contributed by atoms with Crippen LogP contribution in [0.25, 0.3) is 0 Å². The summed E-state index contributed by atoms with van der Waals surface area (Å²) in [6, 6.07) is 8.64. The minimum atomic E-state index is -1.45. The summed E-state index contributed by atoms with van der Waals surface area (Å²) in [7, 11) is 1.65. The van der Waals surface area contributed by atoms with Crippen LogP contribution in [0.3, 0.4) is 0 Å². The first-order valence-corrected chi connectivity index (χ1v) is 6.04. The van der Waals surface area contributed by atoms with Gasteiger partial charge in [-0.15, -0.1) is 0 Å². The maximum atomic E-state index is 12.2. The Morgan fingerprint density at radius 1 is 1.11 bits per heavy atom. The second-order valence-corrected chi connectivity index (χ2v) is 5.13. The zero-order valence-electron chi connectivity index (χ0n) is 11.7. The number of rotatable bonds is 5. The molecule has 5 nitrogen and oxygen atoms in total. The fraction of sp³-hybridized carbons (Fsp3) is 0.429. The van der Waals surface area contributed by atoms with Crippen molar-refractivity contribution in [2.75, 3.05) is 7.05 Å². The number of amides is 1. The van der Waals surface area contributed by atoms with Crippen LogP contribution in [0.4, 0.5) is 0 Å². The van der Waals surface area contributed by atoms with Crippen molar-refractivity contribution in [1.82, 2.24) is 10.6 Å². The summed E-state index contributed by atoms with van der Waals surface area (Å²) in [5, 5.41) is 14.9. The first-order chi connectivity index (χ1) is 8.74. The van der Waals surface area contributed by atoms with Gasteiger partial charge in [-0.1, -0.05) is 30.3 Å². The average Bonchev–Trinajstić information content (AvgIpc) is 2.39. The molecule has 0 fully saturated rings. The van der Waals surface area contributed by atoms with E-state index in [9.17, 15) is 14.7 Å². The Morgan fingerprint density at radius 2 is 1.63 bits per heavy atom.